The van der Waals surface area contributed by atoms with Gasteiger partial charge in [-0.3, -0.25) is 0 Å². The van der Waals surface area contributed by atoms with E-state index in [1.165, 1.54) is 10.4 Å². The summed E-state index contributed by atoms with van der Waals surface area (Å²) in [4.78, 5) is 3.79. The van der Waals surface area contributed by atoms with Crippen LogP contribution in [0, 0.1) is 6.92 Å². The van der Waals surface area contributed by atoms with Crippen molar-refractivity contribution < 1.29 is 0 Å². The van der Waals surface area contributed by atoms with Gasteiger partial charge in [-0.15, -0.1) is 11.3 Å². The van der Waals surface area contributed by atoms with Crippen molar-refractivity contribution in [1.29, 1.82) is 0 Å². The smallest absolute Gasteiger partial charge is 0.0515 e. The predicted octanol–water partition coefficient (Wildman–Crippen LogP) is 3.83. The molecule has 2 nitrogen and oxygen atoms in total. The Hall–Kier alpha value is -0.380. The lowest BCUT2D eigenvalue weighted by molar-refractivity contribution is 0.0891. The molecule has 0 fully saturated rings. The van der Waals surface area contributed by atoms with Gasteiger partial charge in [-0.05, 0) is 57.4 Å². The van der Waals surface area contributed by atoms with Crippen molar-refractivity contribution in [2.45, 2.75) is 52.1 Å². The van der Waals surface area contributed by atoms with Gasteiger partial charge in [0.1, 0.15) is 0 Å². The summed E-state index contributed by atoms with van der Waals surface area (Å²) < 4.78 is 0. The fraction of sp³-hybridized carbons (Fsp3) is 0.733. The number of aryl methyl sites for hydroxylation is 1. The Labute approximate surface area is 116 Å². The lowest BCUT2D eigenvalue weighted by Crippen LogP contribution is -2.53. The summed E-state index contributed by atoms with van der Waals surface area (Å²) >= 11 is 1.85. The van der Waals surface area contributed by atoms with Crippen LogP contribution in [0.3, 0.4) is 0 Å². The van der Waals surface area contributed by atoms with Crippen LogP contribution < -0.4 is 5.32 Å². The number of nitrogens with zero attached hydrogens (tertiary/aromatic N) is 1. The maximum atomic E-state index is 3.70. The first-order valence-electron chi connectivity index (χ1n) is 6.97. The van der Waals surface area contributed by atoms with E-state index in [0.717, 1.165) is 19.4 Å². The van der Waals surface area contributed by atoms with Gasteiger partial charge in [-0.1, -0.05) is 20.8 Å². The maximum absolute atomic E-state index is 3.70. The molecule has 1 aromatic rings. The normalized spacial score (nSPS) is 14.2. The molecule has 0 saturated heterocycles. The second-order valence-electron chi connectivity index (χ2n) is 5.19. The van der Waals surface area contributed by atoms with Crippen LogP contribution in [0.25, 0.3) is 0 Å². The van der Waals surface area contributed by atoms with E-state index < -0.39 is 0 Å². The highest BCUT2D eigenvalue weighted by molar-refractivity contribution is 7.10. The van der Waals surface area contributed by atoms with E-state index in [1.807, 2.05) is 11.3 Å². The quantitative estimate of drug-likeness (QED) is 0.808. The van der Waals surface area contributed by atoms with Crippen LogP contribution in [-0.4, -0.2) is 31.1 Å². The number of nitrogens with one attached hydrogen (secondary N) is 1. The second kappa shape index (κ2) is 6.69. The fourth-order valence-electron chi connectivity index (χ4n) is 2.99. The Morgan fingerprint density at radius 3 is 2.22 bits per heavy atom. The highest BCUT2D eigenvalue weighted by atomic mass is 32.1. The third-order valence-corrected chi connectivity index (χ3v) is 5.02. The molecule has 1 aromatic heterocycles. The molecule has 0 aliphatic heterocycles. The molecular weight excluding hydrogens is 240 g/mol. The third-order valence-electron chi connectivity index (χ3n) is 4.14. The fourth-order valence-corrected chi connectivity index (χ4v) is 3.72. The van der Waals surface area contributed by atoms with Gasteiger partial charge in [0.25, 0.3) is 0 Å². The summed E-state index contributed by atoms with van der Waals surface area (Å²) in [6.45, 7) is 9.99. The first-order chi connectivity index (χ1) is 8.51. The highest BCUT2D eigenvalue weighted by Crippen LogP contribution is 2.37. The lowest BCUT2D eigenvalue weighted by Gasteiger charge is -2.45. The molecule has 1 N–H and O–H groups in total. The lowest BCUT2D eigenvalue weighted by atomic mass is 9.80. The maximum Gasteiger partial charge on any atom is 0.0515 e. The molecule has 3 heteroatoms. The Bertz CT molecular complexity index is 353. The largest absolute Gasteiger partial charge is 0.309 e. The molecule has 0 aliphatic rings. The zero-order valence-corrected chi connectivity index (χ0v) is 13.5. The van der Waals surface area contributed by atoms with Crippen molar-refractivity contribution in [3.8, 4) is 0 Å². The van der Waals surface area contributed by atoms with E-state index in [2.05, 4.69) is 63.5 Å². The molecule has 0 spiro atoms. The SMILES string of the molecule is CCNC(c1csc(C)c1)C(CC)(CC)N(C)C. The zero-order chi connectivity index (χ0) is 13.8. The van der Waals surface area contributed by atoms with Crippen LogP contribution in [0.15, 0.2) is 11.4 Å². The summed E-state index contributed by atoms with van der Waals surface area (Å²) in [6, 6.07) is 2.75. The minimum absolute atomic E-state index is 0.198. The van der Waals surface area contributed by atoms with E-state index in [1.54, 1.807) is 0 Å². The molecule has 0 amide bonds. The van der Waals surface area contributed by atoms with Crippen LogP contribution in [0.1, 0.15) is 50.1 Å². The molecule has 0 aromatic carbocycles. The van der Waals surface area contributed by atoms with Gasteiger partial charge in [0.15, 0.2) is 0 Å². The van der Waals surface area contributed by atoms with Crippen LogP contribution >= 0.6 is 11.3 Å². The van der Waals surface area contributed by atoms with Crippen LogP contribution in [0.2, 0.25) is 0 Å². The Balaban J connectivity index is 3.16. The molecule has 0 aliphatic carbocycles. The third kappa shape index (κ3) is 2.95. The van der Waals surface area contributed by atoms with E-state index in [0.29, 0.717) is 6.04 Å². The molecule has 1 heterocycles. The summed E-state index contributed by atoms with van der Waals surface area (Å²) in [7, 11) is 4.41. The van der Waals surface area contributed by atoms with Crippen LogP contribution in [0.5, 0.6) is 0 Å². The highest BCUT2D eigenvalue weighted by Gasteiger charge is 2.38. The van der Waals surface area contributed by atoms with Crippen molar-refractivity contribution in [1.82, 2.24) is 10.2 Å². The molecule has 1 rings (SSSR count). The second-order valence-corrected chi connectivity index (χ2v) is 6.30. The summed E-state index contributed by atoms with van der Waals surface area (Å²) in [6.07, 6.45) is 2.31. The Morgan fingerprint density at radius 1 is 1.28 bits per heavy atom. The average Bonchev–Trinajstić information content (AvgIpc) is 2.76. The van der Waals surface area contributed by atoms with Crippen molar-refractivity contribution in [2.75, 3.05) is 20.6 Å². The molecule has 1 unspecified atom stereocenters. The Morgan fingerprint density at radius 2 is 1.89 bits per heavy atom. The van der Waals surface area contributed by atoms with E-state index in [-0.39, 0.29) is 5.54 Å². The number of hydrogen-bond acceptors (Lipinski definition) is 3. The van der Waals surface area contributed by atoms with Crippen LogP contribution in [0.4, 0.5) is 0 Å². The molecule has 104 valence electrons. The molecule has 1 atom stereocenters. The van der Waals surface area contributed by atoms with Crippen molar-refractivity contribution in [3.05, 3.63) is 21.9 Å². The van der Waals surface area contributed by atoms with Gasteiger partial charge in [0, 0.05) is 10.4 Å². The van der Waals surface area contributed by atoms with E-state index in [9.17, 15) is 0 Å². The monoisotopic (exact) mass is 268 g/mol. The summed E-state index contributed by atoms with van der Waals surface area (Å²) in [5.74, 6) is 0. The Kier molecular flexibility index (Phi) is 5.83. The first kappa shape index (κ1) is 15.7. The van der Waals surface area contributed by atoms with Gasteiger partial charge in [-0.2, -0.15) is 0 Å². The minimum atomic E-state index is 0.198. The molecule has 0 bridgehead atoms. The van der Waals surface area contributed by atoms with Crippen molar-refractivity contribution >= 4 is 11.3 Å². The standard InChI is InChI=1S/C15H28N2S/c1-7-15(8-2,17(5)6)14(16-9-3)13-10-12(4)18-11-13/h10-11,14,16H,7-9H2,1-6H3. The van der Waals surface area contributed by atoms with Gasteiger partial charge in [0.05, 0.1) is 6.04 Å². The zero-order valence-electron chi connectivity index (χ0n) is 12.7. The van der Waals surface area contributed by atoms with Crippen molar-refractivity contribution in [3.63, 3.8) is 0 Å². The number of likely N-dealkylation sites (N-methyl/N-ethyl adjacent to an activating group) is 2. The average molecular weight is 268 g/mol. The van der Waals surface area contributed by atoms with Gasteiger partial charge < -0.3 is 10.2 Å². The van der Waals surface area contributed by atoms with E-state index >= 15 is 0 Å². The number of rotatable bonds is 7. The summed E-state index contributed by atoms with van der Waals surface area (Å²) in [5.41, 5.74) is 1.64. The van der Waals surface area contributed by atoms with Gasteiger partial charge in [0.2, 0.25) is 0 Å². The van der Waals surface area contributed by atoms with Gasteiger partial charge in [-0.25, -0.2) is 0 Å². The number of hydrogen-bond donors (Lipinski definition) is 1. The van der Waals surface area contributed by atoms with Gasteiger partial charge >= 0.3 is 0 Å². The minimum Gasteiger partial charge on any atom is -0.309 e. The summed E-state index contributed by atoms with van der Waals surface area (Å²) in [5, 5.41) is 6.01. The molecule has 18 heavy (non-hydrogen) atoms. The topological polar surface area (TPSA) is 15.3 Å². The predicted molar refractivity (Wildman–Crippen MR) is 82.5 cm³/mol. The van der Waals surface area contributed by atoms with E-state index in [4.69, 9.17) is 0 Å². The molecule has 0 radical (unpaired) electrons. The van der Waals surface area contributed by atoms with Crippen molar-refractivity contribution in [2.24, 2.45) is 0 Å². The molecule has 0 saturated carbocycles. The molecular formula is C15H28N2S. The first-order valence-corrected chi connectivity index (χ1v) is 7.85. The number of thiophene rings is 1. The van der Waals surface area contributed by atoms with Crippen LogP contribution in [-0.2, 0) is 0 Å².